The molecule has 2 aromatic rings. The number of nitrogen functional groups attached to an aromatic ring is 1. The summed E-state index contributed by atoms with van der Waals surface area (Å²) < 4.78 is 0. The molecule has 2 heteroatoms. The summed E-state index contributed by atoms with van der Waals surface area (Å²) in [5.74, 6) is 0.995. The van der Waals surface area contributed by atoms with Crippen molar-refractivity contribution < 1.29 is 0 Å². The molecule has 0 fully saturated rings. The van der Waals surface area contributed by atoms with E-state index in [0.29, 0.717) is 0 Å². The predicted molar refractivity (Wildman–Crippen MR) is 76.3 cm³/mol. The van der Waals surface area contributed by atoms with E-state index in [1.54, 1.807) is 0 Å². The standard InChI is InChI=1S/C15H17NS/c1-11-5-3-4-6-13(11)10-17-14-8-7-12(2)15(16)9-14/h3-9H,10,16H2,1-2H3. The summed E-state index contributed by atoms with van der Waals surface area (Å²) in [5.41, 5.74) is 10.7. The number of benzene rings is 2. The third-order valence-corrected chi connectivity index (χ3v) is 3.95. The molecule has 0 aromatic heterocycles. The smallest absolute Gasteiger partial charge is 0.0354 e. The van der Waals surface area contributed by atoms with Crippen molar-refractivity contribution in [1.29, 1.82) is 0 Å². The fourth-order valence-corrected chi connectivity index (χ4v) is 2.66. The van der Waals surface area contributed by atoms with Crippen molar-refractivity contribution in [3.05, 3.63) is 59.2 Å². The summed E-state index contributed by atoms with van der Waals surface area (Å²) in [5, 5.41) is 0. The quantitative estimate of drug-likeness (QED) is 0.646. The second-order valence-electron chi connectivity index (χ2n) is 4.23. The number of thioether (sulfide) groups is 1. The Bertz CT molecular complexity index is 520. The minimum absolute atomic E-state index is 0.875. The van der Waals surface area contributed by atoms with E-state index in [2.05, 4.69) is 49.4 Å². The van der Waals surface area contributed by atoms with Crippen molar-refractivity contribution in [2.75, 3.05) is 5.73 Å². The number of hydrogen-bond acceptors (Lipinski definition) is 2. The van der Waals surface area contributed by atoms with Crippen LogP contribution in [0.4, 0.5) is 5.69 Å². The van der Waals surface area contributed by atoms with E-state index < -0.39 is 0 Å². The van der Waals surface area contributed by atoms with Gasteiger partial charge in [0, 0.05) is 16.3 Å². The van der Waals surface area contributed by atoms with Crippen LogP contribution in [0.1, 0.15) is 16.7 Å². The number of nitrogens with two attached hydrogens (primary N) is 1. The summed E-state index contributed by atoms with van der Waals surface area (Å²) in [7, 11) is 0. The minimum atomic E-state index is 0.875. The molecule has 0 unspecified atom stereocenters. The van der Waals surface area contributed by atoms with Crippen molar-refractivity contribution in [3.8, 4) is 0 Å². The third-order valence-electron chi connectivity index (χ3n) is 2.91. The van der Waals surface area contributed by atoms with E-state index in [-0.39, 0.29) is 0 Å². The van der Waals surface area contributed by atoms with Gasteiger partial charge >= 0.3 is 0 Å². The Morgan fingerprint density at radius 1 is 1.00 bits per heavy atom. The third kappa shape index (κ3) is 3.04. The minimum Gasteiger partial charge on any atom is -0.398 e. The summed E-state index contributed by atoms with van der Waals surface area (Å²) in [6.45, 7) is 4.19. The highest BCUT2D eigenvalue weighted by Crippen LogP contribution is 2.26. The van der Waals surface area contributed by atoms with Crippen LogP contribution in [0.3, 0.4) is 0 Å². The van der Waals surface area contributed by atoms with Gasteiger partial charge in [-0.1, -0.05) is 30.3 Å². The van der Waals surface area contributed by atoms with E-state index in [4.69, 9.17) is 5.73 Å². The highest BCUT2D eigenvalue weighted by atomic mass is 32.2. The first-order valence-corrected chi connectivity index (χ1v) is 6.69. The molecule has 2 aromatic carbocycles. The molecule has 0 saturated carbocycles. The van der Waals surface area contributed by atoms with E-state index in [1.807, 2.05) is 18.7 Å². The zero-order valence-electron chi connectivity index (χ0n) is 10.2. The first-order chi connectivity index (χ1) is 8.16. The van der Waals surface area contributed by atoms with Gasteiger partial charge in [-0.2, -0.15) is 0 Å². The Balaban J connectivity index is 2.08. The normalized spacial score (nSPS) is 10.5. The van der Waals surface area contributed by atoms with E-state index >= 15 is 0 Å². The largest absolute Gasteiger partial charge is 0.398 e. The second kappa shape index (κ2) is 5.28. The van der Waals surface area contributed by atoms with Crippen molar-refractivity contribution in [2.45, 2.75) is 24.5 Å². The molecule has 88 valence electrons. The number of hydrogen-bond donors (Lipinski definition) is 1. The number of aryl methyl sites for hydroxylation is 2. The first kappa shape index (κ1) is 12.1. The van der Waals surface area contributed by atoms with Gasteiger partial charge < -0.3 is 5.73 Å². The molecule has 0 spiro atoms. The molecule has 0 radical (unpaired) electrons. The van der Waals surface area contributed by atoms with Gasteiger partial charge in [0.15, 0.2) is 0 Å². The predicted octanol–water partition coefficient (Wildman–Crippen LogP) is 4.18. The first-order valence-electron chi connectivity index (χ1n) is 5.70. The van der Waals surface area contributed by atoms with Crippen LogP contribution < -0.4 is 5.73 Å². The molecule has 2 rings (SSSR count). The molecule has 0 atom stereocenters. The molecule has 2 N–H and O–H groups in total. The van der Waals surface area contributed by atoms with Crippen LogP contribution in [0.5, 0.6) is 0 Å². The molecule has 0 saturated heterocycles. The number of rotatable bonds is 3. The molecule has 0 amide bonds. The summed E-state index contributed by atoms with van der Waals surface area (Å²) >= 11 is 1.83. The van der Waals surface area contributed by atoms with Crippen LogP contribution in [0.25, 0.3) is 0 Å². The summed E-state index contributed by atoms with van der Waals surface area (Å²) in [6, 6.07) is 14.8. The lowest BCUT2D eigenvalue weighted by molar-refractivity contribution is 1.30. The van der Waals surface area contributed by atoms with Gasteiger partial charge in [-0.05, 0) is 42.7 Å². The molecule has 0 heterocycles. The summed E-state index contributed by atoms with van der Waals surface area (Å²) in [4.78, 5) is 1.23. The van der Waals surface area contributed by atoms with Crippen molar-refractivity contribution in [2.24, 2.45) is 0 Å². The van der Waals surface area contributed by atoms with Crippen LogP contribution in [0.2, 0.25) is 0 Å². The average molecular weight is 243 g/mol. The SMILES string of the molecule is Cc1ccc(SCc2ccccc2C)cc1N. The molecular formula is C15H17NS. The molecule has 17 heavy (non-hydrogen) atoms. The molecule has 0 aliphatic carbocycles. The van der Waals surface area contributed by atoms with Crippen molar-refractivity contribution in [1.82, 2.24) is 0 Å². The molecular weight excluding hydrogens is 226 g/mol. The Morgan fingerprint density at radius 2 is 1.76 bits per heavy atom. The van der Waals surface area contributed by atoms with Gasteiger partial charge in [-0.25, -0.2) is 0 Å². The highest BCUT2D eigenvalue weighted by molar-refractivity contribution is 7.98. The molecule has 0 bridgehead atoms. The maximum Gasteiger partial charge on any atom is 0.0354 e. The van der Waals surface area contributed by atoms with Gasteiger partial charge in [-0.15, -0.1) is 11.8 Å². The topological polar surface area (TPSA) is 26.0 Å². The maximum atomic E-state index is 5.91. The van der Waals surface area contributed by atoms with Gasteiger partial charge in [0.2, 0.25) is 0 Å². The van der Waals surface area contributed by atoms with Gasteiger partial charge in [-0.3, -0.25) is 0 Å². The van der Waals surface area contributed by atoms with E-state index in [0.717, 1.165) is 17.0 Å². The van der Waals surface area contributed by atoms with Crippen molar-refractivity contribution >= 4 is 17.4 Å². The fraction of sp³-hybridized carbons (Fsp3) is 0.200. The van der Waals surface area contributed by atoms with Crippen LogP contribution in [-0.4, -0.2) is 0 Å². The zero-order valence-corrected chi connectivity index (χ0v) is 11.1. The molecule has 0 aliphatic heterocycles. The van der Waals surface area contributed by atoms with Gasteiger partial charge in [0.05, 0.1) is 0 Å². The van der Waals surface area contributed by atoms with Crippen LogP contribution in [0, 0.1) is 13.8 Å². The van der Waals surface area contributed by atoms with Crippen LogP contribution in [0.15, 0.2) is 47.4 Å². The van der Waals surface area contributed by atoms with Gasteiger partial charge in [0.25, 0.3) is 0 Å². The number of anilines is 1. The molecule has 1 nitrogen and oxygen atoms in total. The van der Waals surface area contributed by atoms with E-state index in [1.165, 1.54) is 16.0 Å². The Labute approximate surface area is 107 Å². The lowest BCUT2D eigenvalue weighted by atomic mass is 10.1. The Hall–Kier alpha value is -1.41. The van der Waals surface area contributed by atoms with Gasteiger partial charge in [0.1, 0.15) is 0 Å². The average Bonchev–Trinajstić information content (AvgIpc) is 2.32. The maximum absolute atomic E-state index is 5.91. The van der Waals surface area contributed by atoms with E-state index in [9.17, 15) is 0 Å². The lowest BCUT2D eigenvalue weighted by Crippen LogP contribution is -1.90. The van der Waals surface area contributed by atoms with Crippen molar-refractivity contribution in [3.63, 3.8) is 0 Å². The lowest BCUT2D eigenvalue weighted by Gasteiger charge is -2.07. The monoisotopic (exact) mass is 243 g/mol. The Morgan fingerprint density at radius 3 is 2.47 bits per heavy atom. The highest BCUT2D eigenvalue weighted by Gasteiger charge is 2.00. The molecule has 0 aliphatic rings. The second-order valence-corrected chi connectivity index (χ2v) is 5.28. The summed E-state index contributed by atoms with van der Waals surface area (Å²) in [6.07, 6.45) is 0. The van der Waals surface area contributed by atoms with Crippen LogP contribution >= 0.6 is 11.8 Å². The Kier molecular flexibility index (Phi) is 3.75. The zero-order chi connectivity index (χ0) is 12.3. The fourth-order valence-electron chi connectivity index (χ4n) is 1.64. The van der Waals surface area contributed by atoms with Crippen LogP contribution in [-0.2, 0) is 5.75 Å².